The number of halogens is 1. The zero-order valence-corrected chi connectivity index (χ0v) is 13.2. The Morgan fingerprint density at radius 2 is 1.61 bits per heavy atom. The highest BCUT2D eigenvalue weighted by atomic mass is 19.1. The van der Waals surface area contributed by atoms with E-state index in [1.165, 1.54) is 6.07 Å². The molecule has 2 aromatic carbocycles. The van der Waals surface area contributed by atoms with Crippen molar-refractivity contribution in [2.45, 2.75) is 26.8 Å². The van der Waals surface area contributed by atoms with E-state index in [9.17, 15) is 14.0 Å². The van der Waals surface area contributed by atoms with E-state index in [0.717, 1.165) is 16.8 Å². The molecule has 0 saturated carbocycles. The number of para-hydroxylation sites is 1. The summed E-state index contributed by atoms with van der Waals surface area (Å²) in [5, 5.41) is 5.29. The molecule has 0 heterocycles. The van der Waals surface area contributed by atoms with Crippen LogP contribution in [0, 0.1) is 19.7 Å². The van der Waals surface area contributed by atoms with Crippen LogP contribution in [0.15, 0.2) is 42.5 Å². The Bertz CT molecular complexity index is 708. The van der Waals surface area contributed by atoms with Crippen molar-refractivity contribution in [3.8, 4) is 0 Å². The van der Waals surface area contributed by atoms with Crippen molar-refractivity contribution in [2.75, 3.05) is 5.32 Å². The lowest BCUT2D eigenvalue weighted by atomic mass is 10.1. The fraction of sp³-hybridized carbons (Fsp3) is 0.222. The topological polar surface area (TPSA) is 58.2 Å². The van der Waals surface area contributed by atoms with E-state index >= 15 is 0 Å². The van der Waals surface area contributed by atoms with Gasteiger partial charge in [0.15, 0.2) is 0 Å². The lowest BCUT2D eigenvalue weighted by Crippen LogP contribution is -2.28. The second-order valence-electron chi connectivity index (χ2n) is 5.36. The van der Waals surface area contributed by atoms with Crippen LogP contribution in [0.4, 0.5) is 10.1 Å². The average Bonchev–Trinajstić information content (AvgIpc) is 2.50. The van der Waals surface area contributed by atoms with Gasteiger partial charge >= 0.3 is 0 Å². The molecule has 0 fully saturated rings. The predicted octanol–water partition coefficient (Wildman–Crippen LogP) is 3.09. The lowest BCUT2D eigenvalue weighted by molar-refractivity contribution is -0.126. The molecule has 0 saturated heterocycles. The first-order valence-corrected chi connectivity index (χ1v) is 7.33. The molecule has 0 aliphatic rings. The van der Waals surface area contributed by atoms with E-state index in [1.54, 1.807) is 18.2 Å². The third-order valence-electron chi connectivity index (χ3n) is 3.50. The van der Waals surface area contributed by atoms with Gasteiger partial charge in [0.2, 0.25) is 11.8 Å². The van der Waals surface area contributed by atoms with Gasteiger partial charge in [0.05, 0.1) is 0 Å². The van der Waals surface area contributed by atoms with Gasteiger partial charge in [-0.3, -0.25) is 9.59 Å². The highest BCUT2D eigenvalue weighted by Crippen LogP contribution is 2.19. The normalized spacial score (nSPS) is 10.2. The smallest absolute Gasteiger partial charge is 0.233 e. The van der Waals surface area contributed by atoms with E-state index < -0.39 is 11.8 Å². The summed E-state index contributed by atoms with van der Waals surface area (Å²) in [5.41, 5.74) is 2.98. The quantitative estimate of drug-likeness (QED) is 0.833. The molecular formula is C18H19FN2O2. The standard InChI is InChI=1S/C18H19FN2O2/c1-12-6-5-7-13(2)18(12)21-17(23)10-16(22)20-11-14-8-3-4-9-15(14)19/h3-9H,10-11H2,1-2H3,(H,20,22)(H,21,23). The molecule has 2 rings (SSSR count). The molecule has 0 aliphatic carbocycles. The number of rotatable bonds is 5. The number of nitrogens with one attached hydrogen (secondary N) is 2. The summed E-state index contributed by atoms with van der Waals surface area (Å²) in [6, 6.07) is 11.9. The molecule has 5 heteroatoms. The Morgan fingerprint density at radius 3 is 2.26 bits per heavy atom. The van der Waals surface area contributed by atoms with Gasteiger partial charge in [-0.1, -0.05) is 36.4 Å². The zero-order valence-electron chi connectivity index (χ0n) is 13.2. The number of hydrogen-bond donors (Lipinski definition) is 2. The van der Waals surface area contributed by atoms with Crippen LogP contribution in [0.25, 0.3) is 0 Å². The Kier molecular flexibility index (Phi) is 5.46. The largest absolute Gasteiger partial charge is 0.351 e. The molecule has 23 heavy (non-hydrogen) atoms. The van der Waals surface area contributed by atoms with Crippen LogP contribution >= 0.6 is 0 Å². The Hall–Kier alpha value is -2.69. The molecule has 2 N–H and O–H groups in total. The third kappa shape index (κ3) is 4.64. The summed E-state index contributed by atoms with van der Waals surface area (Å²) in [7, 11) is 0. The maximum absolute atomic E-state index is 13.4. The minimum atomic E-state index is -0.447. The fourth-order valence-corrected chi connectivity index (χ4v) is 2.24. The van der Waals surface area contributed by atoms with Crippen molar-refractivity contribution < 1.29 is 14.0 Å². The van der Waals surface area contributed by atoms with Crippen LogP contribution in [0.2, 0.25) is 0 Å². The molecule has 0 spiro atoms. The molecule has 0 bridgehead atoms. The first-order chi connectivity index (χ1) is 11.0. The molecule has 0 atom stereocenters. The fourth-order valence-electron chi connectivity index (χ4n) is 2.24. The molecule has 0 radical (unpaired) electrons. The van der Waals surface area contributed by atoms with E-state index in [1.807, 2.05) is 32.0 Å². The van der Waals surface area contributed by atoms with Crippen molar-refractivity contribution in [3.05, 3.63) is 65.0 Å². The average molecular weight is 314 g/mol. The maximum Gasteiger partial charge on any atom is 0.233 e. The van der Waals surface area contributed by atoms with Crippen molar-refractivity contribution in [3.63, 3.8) is 0 Å². The Morgan fingerprint density at radius 1 is 0.957 bits per heavy atom. The SMILES string of the molecule is Cc1cccc(C)c1NC(=O)CC(=O)NCc1ccccc1F. The number of carbonyl (C=O) groups excluding carboxylic acids is 2. The number of anilines is 1. The number of hydrogen-bond acceptors (Lipinski definition) is 2. The van der Waals surface area contributed by atoms with Gasteiger partial charge in [0, 0.05) is 17.8 Å². The van der Waals surface area contributed by atoms with Crippen molar-refractivity contribution in [1.29, 1.82) is 0 Å². The second-order valence-corrected chi connectivity index (χ2v) is 5.36. The van der Waals surface area contributed by atoms with E-state index in [4.69, 9.17) is 0 Å². The summed E-state index contributed by atoms with van der Waals surface area (Å²) >= 11 is 0. The lowest BCUT2D eigenvalue weighted by Gasteiger charge is -2.11. The van der Waals surface area contributed by atoms with E-state index in [2.05, 4.69) is 10.6 Å². The minimum absolute atomic E-state index is 0.0577. The Balaban J connectivity index is 1.88. The monoisotopic (exact) mass is 314 g/mol. The molecular weight excluding hydrogens is 295 g/mol. The number of carbonyl (C=O) groups is 2. The van der Waals surface area contributed by atoms with Gasteiger partial charge in [0.1, 0.15) is 12.2 Å². The molecule has 2 amide bonds. The number of benzene rings is 2. The summed E-state index contributed by atoms with van der Waals surface area (Å²) < 4.78 is 13.4. The number of aryl methyl sites for hydroxylation is 2. The van der Waals surface area contributed by atoms with Crippen LogP contribution < -0.4 is 10.6 Å². The molecule has 0 aliphatic heterocycles. The van der Waals surface area contributed by atoms with Gasteiger partial charge in [-0.25, -0.2) is 4.39 Å². The van der Waals surface area contributed by atoms with Crippen molar-refractivity contribution >= 4 is 17.5 Å². The van der Waals surface area contributed by atoms with Crippen LogP contribution in [-0.2, 0) is 16.1 Å². The number of amides is 2. The van der Waals surface area contributed by atoms with Gasteiger partial charge in [-0.2, -0.15) is 0 Å². The first-order valence-electron chi connectivity index (χ1n) is 7.33. The predicted molar refractivity (Wildman–Crippen MR) is 87.4 cm³/mol. The molecule has 2 aromatic rings. The van der Waals surface area contributed by atoms with Gasteiger partial charge in [0.25, 0.3) is 0 Å². The third-order valence-corrected chi connectivity index (χ3v) is 3.50. The first kappa shape index (κ1) is 16.7. The summed E-state index contributed by atoms with van der Waals surface area (Å²) in [4.78, 5) is 23.8. The second kappa shape index (κ2) is 7.54. The molecule has 4 nitrogen and oxygen atoms in total. The summed E-state index contributed by atoms with van der Waals surface area (Å²) in [6.45, 7) is 3.84. The summed E-state index contributed by atoms with van der Waals surface area (Å²) in [5.74, 6) is -1.22. The van der Waals surface area contributed by atoms with Gasteiger partial charge in [-0.15, -0.1) is 0 Å². The Labute approximate surface area is 134 Å². The van der Waals surface area contributed by atoms with Gasteiger partial charge in [-0.05, 0) is 31.0 Å². The van der Waals surface area contributed by atoms with Gasteiger partial charge < -0.3 is 10.6 Å². The summed E-state index contributed by atoms with van der Waals surface area (Å²) in [6.07, 6.45) is -0.303. The molecule has 120 valence electrons. The minimum Gasteiger partial charge on any atom is -0.351 e. The van der Waals surface area contributed by atoms with Crippen LogP contribution in [0.5, 0.6) is 0 Å². The van der Waals surface area contributed by atoms with E-state index in [0.29, 0.717) is 5.56 Å². The maximum atomic E-state index is 13.4. The highest BCUT2D eigenvalue weighted by molar-refractivity contribution is 6.04. The molecule has 0 aromatic heterocycles. The van der Waals surface area contributed by atoms with Crippen LogP contribution in [0.1, 0.15) is 23.1 Å². The van der Waals surface area contributed by atoms with Crippen molar-refractivity contribution in [1.82, 2.24) is 5.32 Å². The van der Waals surface area contributed by atoms with Crippen LogP contribution in [0.3, 0.4) is 0 Å². The van der Waals surface area contributed by atoms with Crippen molar-refractivity contribution in [2.24, 2.45) is 0 Å². The van der Waals surface area contributed by atoms with E-state index in [-0.39, 0.29) is 18.8 Å². The molecule has 0 unspecified atom stereocenters. The van der Waals surface area contributed by atoms with Crippen LogP contribution in [-0.4, -0.2) is 11.8 Å². The zero-order chi connectivity index (χ0) is 16.8. The highest BCUT2D eigenvalue weighted by Gasteiger charge is 2.12.